The highest BCUT2D eigenvalue weighted by Gasteiger charge is 2.29. The Kier molecular flexibility index (Phi) is 2.74. The summed E-state index contributed by atoms with van der Waals surface area (Å²) in [6.07, 6.45) is 3.30. The van der Waals surface area contributed by atoms with Crippen LogP contribution in [0.4, 0.5) is 0 Å². The highest BCUT2D eigenvalue weighted by molar-refractivity contribution is 6.99. The fourth-order valence-corrected chi connectivity index (χ4v) is 2.11. The predicted octanol–water partition coefficient (Wildman–Crippen LogP) is 0.135. The minimum atomic E-state index is -0.115. The Balaban J connectivity index is 2.11. The molecular weight excluding hydrogens is 202 g/mol. The fourth-order valence-electron chi connectivity index (χ4n) is 1.70. The van der Waals surface area contributed by atoms with Crippen molar-refractivity contribution >= 4 is 17.6 Å². The maximum Gasteiger partial charge on any atom is 0.275 e. The molecule has 1 saturated heterocycles. The van der Waals surface area contributed by atoms with Gasteiger partial charge in [0.2, 0.25) is 0 Å². The van der Waals surface area contributed by atoms with Gasteiger partial charge in [0, 0.05) is 6.54 Å². The van der Waals surface area contributed by atoms with Gasteiger partial charge in [0.05, 0.1) is 30.6 Å². The largest absolute Gasteiger partial charge is 0.394 e. The van der Waals surface area contributed by atoms with Gasteiger partial charge in [0.25, 0.3) is 5.91 Å². The van der Waals surface area contributed by atoms with Gasteiger partial charge in [-0.2, -0.15) is 8.75 Å². The van der Waals surface area contributed by atoms with E-state index in [-0.39, 0.29) is 18.6 Å². The van der Waals surface area contributed by atoms with Gasteiger partial charge in [-0.3, -0.25) is 4.79 Å². The number of aliphatic hydroxyl groups excluding tert-OH is 1. The smallest absolute Gasteiger partial charge is 0.275 e. The molecule has 1 aromatic heterocycles. The van der Waals surface area contributed by atoms with E-state index >= 15 is 0 Å². The Morgan fingerprint density at radius 3 is 3.29 bits per heavy atom. The summed E-state index contributed by atoms with van der Waals surface area (Å²) in [6, 6.07) is -0.0378. The lowest BCUT2D eigenvalue weighted by Gasteiger charge is -2.21. The summed E-state index contributed by atoms with van der Waals surface area (Å²) in [5, 5.41) is 9.06. The first-order valence-electron chi connectivity index (χ1n) is 4.52. The SMILES string of the molecule is O=C(c1cnsn1)N1CCC[C@@H]1CO. The number of aromatic nitrogens is 2. The first kappa shape index (κ1) is 9.54. The van der Waals surface area contributed by atoms with Crippen LogP contribution in [0, 0.1) is 0 Å². The van der Waals surface area contributed by atoms with Crippen LogP contribution >= 0.6 is 11.7 Å². The van der Waals surface area contributed by atoms with Crippen molar-refractivity contribution in [2.45, 2.75) is 18.9 Å². The van der Waals surface area contributed by atoms with E-state index in [4.69, 9.17) is 5.11 Å². The van der Waals surface area contributed by atoms with E-state index in [2.05, 4.69) is 8.75 Å². The third-order valence-corrected chi connectivity index (χ3v) is 2.91. The average Bonchev–Trinajstić information content (AvgIpc) is 2.87. The zero-order valence-corrected chi connectivity index (χ0v) is 8.40. The van der Waals surface area contributed by atoms with Crippen LogP contribution in [0.2, 0.25) is 0 Å². The van der Waals surface area contributed by atoms with Crippen molar-refractivity contribution in [3.05, 3.63) is 11.9 Å². The van der Waals surface area contributed by atoms with Gasteiger partial charge in [0.1, 0.15) is 0 Å². The van der Waals surface area contributed by atoms with Gasteiger partial charge in [-0.25, -0.2) is 0 Å². The minimum Gasteiger partial charge on any atom is -0.394 e. The molecule has 0 aliphatic carbocycles. The van der Waals surface area contributed by atoms with Gasteiger partial charge >= 0.3 is 0 Å². The molecule has 0 unspecified atom stereocenters. The molecule has 0 aromatic carbocycles. The molecule has 1 amide bonds. The second-order valence-electron chi connectivity index (χ2n) is 3.27. The van der Waals surface area contributed by atoms with Crippen LogP contribution in [0.5, 0.6) is 0 Å². The molecule has 5 nitrogen and oxygen atoms in total. The molecule has 1 aliphatic heterocycles. The first-order valence-corrected chi connectivity index (χ1v) is 5.25. The zero-order valence-electron chi connectivity index (χ0n) is 7.59. The van der Waals surface area contributed by atoms with Crippen molar-refractivity contribution in [2.75, 3.05) is 13.2 Å². The van der Waals surface area contributed by atoms with E-state index in [1.165, 1.54) is 6.20 Å². The lowest BCUT2D eigenvalue weighted by atomic mass is 10.2. The van der Waals surface area contributed by atoms with Gasteiger partial charge < -0.3 is 10.0 Å². The number of rotatable bonds is 2. The van der Waals surface area contributed by atoms with E-state index in [1.807, 2.05) is 0 Å². The van der Waals surface area contributed by atoms with Crippen LogP contribution in [0.3, 0.4) is 0 Å². The molecule has 0 radical (unpaired) electrons. The van der Waals surface area contributed by atoms with E-state index in [0.717, 1.165) is 24.6 Å². The van der Waals surface area contributed by atoms with Crippen LogP contribution in [0.25, 0.3) is 0 Å². The van der Waals surface area contributed by atoms with Crippen molar-refractivity contribution in [3.8, 4) is 0 Å². The summed E-state index contributed by atoms with van der Waals surface area (Å²) in [7, 11) is 0. The second kappa shape index (κ2) is 4.02. The molecule has 1 atom stereocenters. The van der Waals surface area contributed by atoms with Crippen LogP contribution in [0.1, 0.15) is 23.3 Å². The molecule has 0 bridgehead atoms. The maximum absolute atomic E-state index is 11.8. The van der Waals surface area contributed by atoms with Crippen molar-refractivity contribution in [1.82, 2.24) is 13.6 Å². The number of hydrogen-bond acceptors (Lipinski definition) is 5. The average molecular weight is 213 g/mol. The molecule has 0 spiro atoms. The molecule has 0 saturated carbocycles. The van der Waals surface area contributed by atoms with Crippen molar-refractivity contribution < 1.29 is 9.90 Å². The third-order valence-electron chi connectivity index (χ3n) is 2.43. The molecule has 1 aromatic rings. The third kappa shape index (κ3) is 1.62. The molecule has 14 heavy (non-hydrogen) atoms. The molecule has 1 N–H and O–H groups in total. The van der Waals surface area contributed by atoms with E-state index in [9.17, 15) is 4.79 Å². The van der Waals surface area contributed by atoms with Gasteiger partial charge in [-0.1, -0.05) is 0 Å². The van der Waals surface area contributed by atoms with Gasteiger partial charge in [-0.15, -0.1) is 0 Å². The van der Waals surface area contributed by atoms with Gasteiger partial charge in [-0.05, 0) is 12.8 Å². The standard InChI is InChI=1S/C8H11N3O2S/c12-5-6-2-1-3-11(6)8(13)7-4-9-14-10-7/h4,6,12H,1-3,5H2/t6-/m1/s1. The number of likely N-dealkylation sites (tertiary alicyclic amines) is 1. The Bertz CT molecular complexity index is 314. The molecule has 1 aliphatic rings. The summed E-state index contributed by atoms with van der Waals surface area (Å²) in [4.78, 5) is 13.5. The van der Waals surface area contributed by atoms with Crippen molar-refractivity contribution in [1.29, 1.82) is 0 Å². The van der Waals surface area contributed by atoms with Crippen molar-refractivity contribution in [3.63, 3.8) is 0 Å². The Morgan fingerprint density at radius 2 is 2.64 bits per heavy atom. The number of amides is 1. The lowest BCUT2D eigenvalue weighted by Crippen LogP contribution is -2.37. The monoisotopic (exact) mass is 213 g/mol. The van der Waals surface area contributed by atoms with E-state index in [1.54, 1.807) is 4.90 Å². The number of carbonyl (C=O) groups excluding carboxylic acids is 1. The second-order valence-corrected chi connectivity index (χ2v) is 3.83. The number of carbonyl (C=O) groups is 1. The van der Waals surface area contributed by atoms with Crippen LogP contribution in [-0.2, 0) is 0 Å². The fraction of sp³-hybridized carbons (Fsp3) is 0.625. The Morgan fingerprint density at radius 1 is 1.79 bits per heavy atom. The quantitative estimate of drug-likeness (QED) is 0.758. The minimum absolute atomic E-state index is 0.0311. The van der Waals surface area contributed by atoms with Gasteiger partial charge in [0.15, 0.2) is 5.69 Å². The topological polar surface area (TPSA) is 66.3 Å². The highest BCUT2D eigenvalue weighted by Crippen LogP contribution is 2.18. The molecule has 76 valence electrons. The molecular formula is C8H11N3O2S. The van der Waals surface area contributed by atoms with E-state index < -0.39 is 0 Å². The molecule has 2 heterocycles. The Labute approximate surface area is 85.7 Å². The Hall–Kier alpha value is -1.01. The first-order chi connectivity index (χ1) is 6.83. The molecule has 6 heteroatoms. The summed E-state index contributed by atoms with van der Waals surface area (Å²) < 4.78 is 7.67. The number of hydrogen-bond donors (Lipinski definition) is 1. The molecule has 2 rings (SSSR count). The number of nitrogens with zero attached hydrogens (tertiary/aromatic N) is 3. The predicted molar refractivity (Wildman–Crippen MR) is 51.1 cm³/mol. The normalized spacial score (nSPS) is 21.5. The summed E-state index contributed by atoms with van der Waals surface area (Å²) in [5.74, 6) is -0.115. The number of aliphatic hydroxyl groups is 1. The molecule has 1 fully saturated rings. The van der Waals surface area contributed by atoms with Crippen LogP contribution in [0.15, 0.2) is 6.20 Å². The van der Waals surface area contributed by atoms with Crippen molar-refractivity contribution in [2.24, 2.45) is 0 Å². The summed E-state index contributed by atoms with van der Waals surface area (Å²) in [5.41, 5.74) is 0.385. The van der Waals surface area contributed by atoms with Crippen LogP contribution < -0.4 is 0 Å². The van der Waals surface area contributed by atoms with E-state index in [0.29, 0.717) is 12.2 Å². The lowest BCUT2D eigenvalue weighted by molar-refractivity contribution is 0.0673. The van der Waals surface area contributed by atoms with Crippen LogP contribution in [-0.4, -0.2) is 43.9 Å². The summed E-state index contributed by atoms with van der Waals surface area (Å²) >= 11 is 1.03. The maximum atomic E-state index is 11.8. The zero-order chi connectivity index (χ0) is 9.97. The highest BCUT2D eigenvalue weighted by atomic mass is 32.1. The summed E-state index contributed by atoms with van der Waals surface area (Å²) in [6.45, 7) is 0.741.